The first-order chi connectivity index (χ1) is 51.8. The number of nitrogens with two attached hydrogens (primary N) is 10. The third-order valence-electron chi connectivity index (χ3n) is 18.0. The lowest BCUT2D eigenvalue weighted by Gasteiger charge is -2.28. The van der Waals surface area contributed by atoms with E-state index in [0.29, 0.717) is 77.3 Å². The highest BCUT2D eigenvalue weighted by molar-refractivity contribution is 7.98. The van der Waals surface area contributed by atoms with Gasteiger partial charge < -0.3 is 115 Å². The summed E-state index contributed by atoms with van der Waals surface area (Å²) in [5.74, 6) is -9.11. The monoisotopic (exact) mass is 1530 g/mol. The van der Waals surface area contributed by atoms with Crippen molar-refractivity contribution in [2.75, 3.05) is 44.7 Å². The molecule has 0 fully saturated rings. The molecule has 0 aliphatic carbocycles. The van der Waals surface area contributed by atoms with Gasteiger partial charge in [-0.2, -0.15) is 11.8 Å². The topological polar surface area (TPSA) is 625 Å². The molecule has 2 aromatic heterocycles. The molecule has 31 N–H and O–H groups in total. The van der Waals surface area contributed by atoms with Crippen LogP contribution in [0.1, 0.15) is 166 Å². The molecule has 0 unspecified atom stereocenters. The lowest BCUT2D eigenvalue weighted by atomic mass is 10.0. The van der Waals surface area contributed by atoms with Crippen molar-refractivity contribution in [2.45, 2.75) is 222 Å². The molecular weight excluding hydrogens is 1410 g/mol. The number of nitrogens with zero attached hydrogens (tertiary/aromatic N) is 3. The summed E-state index contributed by atoms with van der Waals surface area (Å²) in [6, 6.07) is 1.90. The number of para-hydroxylation sites is 2. The number of unbranched alkanes of at least 4 members (excludes halogenated alkanes) is 8. The van der Waals surface area contributed by atoms with Crippen molar-refractivity contribution in [2.24, 2.45) is 72.3 Å². The quantitative estimate of drug-likeness (QED) is 0.0141. The van der Waals surface area contributed by atoms with Crippen LogP contribution in [0.25, 0.3) is 21.8 Å². The number of aliphatic imine (C=N–C) groups is 3. The second-order valence-corrected chi connectivity index (χ2v) is 27.7. The predicted molar refractivity (Wildman–Crippen MR) is 420 cm³/mol. The first-order valence-electron chi connectivity index (χ1n) is 37.2. The fourth-order valence-corrected chi connectivity index (χ4v) is 12.5. The van der Waals surface area contributed by atoms with E-state index in [1.54, 1.807) is 67.2 Å². The summed E-state index contributed by atoms with van der Waals surface area (Å²) >= 11 is 1.37. The molecule has 0 aliphatic rings. The number of rotatable bonds is 56. The van der Waals surface area contributed by atoms with E-state index >= 15 is 19.2 Å². The number of aromatic nitrogens is 2. The molecule has 0 radical (unpaired) electrons. The molecule has 9 atom stereocenters. The molecule has 0 bridgehead atoms. The number of thioether (sulfide) groups is 1. The molecule has 36 heteroatoms. The number of aromatic amines is 2. The Labute approximate surface area is 635 Å². The standard InChI is InChI=1S/C72H118N24O11S/c1-3-4-5-6-7-8-9-30-60(98)88-51(27-18-36-83-70(77)78)62(100)91-54(29-20-38-85-72(81)82)65(103)95-58(41-45-43-87-49-24-13-11-22-47(45)49)69(107)93-55(31-32-59(75)97)66(104)96-57(40-44-42-86-48-23-12-10-21-46(44)48)68(106)92-53(28-19-37-84-71(79)80)64(102)94-56(33-39-108-2)67(105)90-52(26-15-17-35-74)63(101)89-50(61(76)99)25-14-16-34-73/h10-13,21-24,42-43,50-58,86-87H,3-9,14-20,25-41,73-74H2,1-2H3,(H2,75,97)(H2,76,99)(H,88,98)(H,89,101)(H,90,105)(H,91,100)(H,92,106)(H,93,107)(H,94,102)(H,95,103)(H,96,104)(H4,77,78,83)(H4,79,80,84)(H4,81,82,85)/t50-,51-,52-,53-,54-,55-,56-,57-,58-/m0/s1. The van der Waals surface area contributed by atoms with Gasteiger partial charge in [-0.25, -0.2) is 0 Å². The van der Waals surface area contributed by atoms with Gasteiger partial charge in [-0.3, -0.25) is 67.7 Å². The van der Waals surface area contributed by atoms with Gasteiger partial charge in [-0.15, -0.1) is 0 Å². The number of guanidine groups is 3. The van der Waals surface area contributed by atoms with Crippen molar-refractivity contribution < 1.29 is 52.7 Å². The fraction of sp³-hybridized carbons (Fsp3) is 0.583. The highest BCUT2D eigenvalue weighted by atomic mass is 32.2. The Morgan fingerprint density at radius 1 is 0.380 bits per heavy atom. The lowest BCUT2D eigenvalue weighted by molar-refractivity contribution is -0.136. The van der Waals surface area contributed by atoms with E-state index in [0.717, 1.165) is 38.5 Å². The SMILES string of the molecule is CCCCCCCCCC(=O)N[C@@H](CCCN=C(N)N)C(=O)N[C@@H](CCCN=C(N)N)C(=O)N[C@@H](Cc1c[nH]c2ccccc12)C(=O)N[C@@H](CCC(N)=O)C(=O)N[C@@H](Cc1c[nH]c2ccccc12)C(=O)N[C@@H](CCCN=C(N)N)C(=O)N[C@@H](CCSC)C(=O)N[C@@H](CCCCN)C(=O)N[C@@H](CCCCN)C(N)=O. The molecule has 108 heavy (non-hydrogen) atoms. The molecule has 11 amide bonds. The molecule has 598 valence electrons. The molecule has 4 rings (SSSR count). The van der Waals surface area contributed by atoms with E-state index in [1.807, 2.05) is 0 Å². The largest absolute Gasteiger partial charge is 0.370 e. The number of nitrogens with one attached hydrogen (secondary N) is 11. The average molecular weight is 1530 g/mol. The maximum atomic E-state index is 15.3. The molecule has 0 aliphatic heterocycles. The molecular formula is C72H118N24O11S. The van der Waals surface area contributed by atoms with Crippen molar-refractivity contribution in [3.05, 3.63) is 72.1 Å². The van der Waals surface area contributed by atoms with Gasteiger partial charge in [-0.05, 0) is 145 Å². The van der Waals surface area contributed by atoms with E-state index in [9.17, 15) is 33.6 Å². The summed E-state index contributed by atoms with van der Waals surface area (Å²) in [7, 11) is 0. The zero-order chi connectivity index (χ0) is 79.3. The molecule has 4 aromatic rings. The van der Waals surface area contributed by atoms with Crippen LogP contribution in [0.3, 0.4) is 0 Å². The van der Waals surface area contributed by atoms with Crippen molar-refractivity contribution in [1.82, 2.24) is 57.8 Å². The fourth-order valence-electron chi connectivity index (χ4n) is 12.1. The minimum Gasteiger partial charge on any atom is -0.370 e. The van der Waals surface area contributed by atoms with Crippen LogP contribution < -0.4 is 105 Å². The van der Waals surface area contributed by atoms with Gasteiger partial charge in [0, 0.05) is 79.5 Å². The van der Waals surface area contributed by atoms with Gasteiger partial charge in [0.15, 0.2) is 17.9 Å². The number of fused-ring (bicyclic) bond motifs is 2. The van der Waals surface area contributed by atoms with Crippen molar-refractivity contribution >= 4 is 116 Å². The Bertz CT molecular complexity index is 3610. The summed E-state index contributed by atoms with van der Waals surface area (Å²) in [5.41, 5.74) is 59.1. The number of amides is 11. The van der Waals surface area contributed by atoms with Gasteiger partial charge in [0.25, 0.3) is 0 Å². The van der Waals surface area contributed by atoms with E-state index in [4.69, 9.17) is 57.3 Å². The van der Waals surface area contributed by atoms with Crippen LogP contribution in [0.4, 0.5) is 0 Å². The maximum Gasteiger partial charge on any atom is 0.243 e. The Morgan fingerprint density at radius 2 is 0.713 bits per heavy atom. The Kier molecular flexibility index (Phi) is 42.0. The van der Waals surface area contributed by atoms with Gasteiger partial charge in [0.2, 0.25) is 65.0 Å². The van der Waals surface area contributed by atoms with Crippen LogP contribution >= 0.6 is 11.8 Å². The Morgan fingerprint density at radius 3 is 1.09 bits per heavy atom. The number of carbonyl (C=O) groups excluding carboxylic acids is 11. The smallest absolute Gasteiger partial charge is 0.243 e. The summed E-state index contributed by atoms with van der Waals surface area (Å²) in [5, 5.41) is 26.2. The summed E-state index contributed by atoms with van der Waals surface area (Å²) in [4.78, 5) is 176. The molecule has 35 nitrogen and oxygen atoms in total. The Balaban J connectivity index is 1.77. The van der Waals surface area contributed by atoms with Gasteiger partial charge in [0.1, 0.15) is 54.4 Å². The minimum atomic E-state index is -1.67. The summed E-state index contributed by atoms with van der Waals surface area (Å²) < 4.78 is 0. The first kappa shape index (κ1) is 90.2. The number of carbonyl (C=O) groups is 11. The molecule has 0 spiro atoms. The number of benzene rings is 2. The maximum absolute atomic E-state index is 15.3. The van der Waals surface area contributed by atoms with Crippen LogP contribution in [-0.4, -0.2) is 192 Å². The summed E-state index contributed by atoms with van der Waals surface area (Å²) in [6.45, 7) is 2.91. The number of hydrogen-bond acceptors (Lipinski definition) is 17. The zero-order valence-electron chi connectivity index (χ0n) is 62.4. The highest BCUT2D eigenvalue weighted by Gasteiger charge is 2.37. The van der Waals surface area contributed by atoms with E-state index in [1.165, 1.54) is 11.8 Å². The van der Waals surface area contributed by atoms with Crippen molar-refractivity contribution in [3.63, 3.8) is 0 Å². The van der Waals surface area contributed by atoms with Crippen LogP contribution in [0.15, 0.2) is 75.9 Å². The number of primary amides is 2. The third-order valence-corrected chi connectivity index (χ3v) is 18.6. The summed E-state index contributed by atoms with van der Waals surface area (Å²) in [6.07, 6.45) is 13.1. The highest BCUT2D eigenvalue weighted by Crippen LogP contribution is 2.22. The molecule has 0 saturated carbocycles. The van der Waals surface area contributed by atoms with Gasteiger partial charge in [0.05, 0.1) is 0 Å². The number of H-pyrrole nitrogens is 2. The van der Waals surface area contributed by atoms with Crippen LogP contribution in [0.2, 0.25) is 0 Å². The predicted octanol–water partition coefficient (Wildman–Crippen LogP) is -1.14. The van der Waals surface area contributed by atoms with Gasteiger partial charge >= 0.3 is 0 Å². The van der Waals surface area contributed by atoms with Crippen molar-refractivity contribution in [1.29, 1.82) is 0 Å². The second-order valence-electron chi connectivity index (χ2n) is 26.7. The Hall–Kier alpha value is -10.2. The average Bonchev–Trinajstić information content (AvgIpc) is 1.64. The van der Waals surface area contributed by atoms with E-state index in [2.05, 4.69) is 79.7 Å². The molecule has 0 saturated heterocycles. The molecule has 2 heterocycles. The third kappa shape index (κ3) is 34.1. The minimum absolute atomic E-state index is 0.00790. The van der Waals surface area contributed by atoms with Crippen LogP contribution in [0, 0.1) is 0 Å². The van der Waals surface area contributed by atoms with E-state index < -0.39 is 126 Å². The molecule has 2 aromatic carbocycles. The lowest BCUT2D eigenvalue weighted by Crippen LogP contribution is -2.61. The van der Waals surface area contributed by atoms with Crippen LogP contribution in [-0.2, 0) is 65.6 Å². The van der Waals surface area contributed by atoms with Gasteiger partial charge in [-0.1, -0.05) is 81.8 Å². The van der Waals surface area contributed by atoms with E-state index in [-0.39, 0.29) is 127 Å². The first-order valence-corrected chi connectivity index (χ1v) is 38.6. The van der Waals surface area contributed by atoms with Crippen molar-refractivity contribution in [3.8, 4) is 0 Å². The second kappa shape index (κ2) is 50.4. The zero-order valence-corrected chi connectivity index (χ0v) is 63.2. The normalized spacial score (nSPS) is 13.6. The number of hydrogen-bond donors (Lipinski definition) is 21. The van der Waals surface area contributed by atoms with Crippen LogP contribution in [0.5, 0.6) is 0 Å².